The number of halogens is 3. The Morgan fingerprint density at radius 2 is 2.07 bits per heavy atom. The zero-order chi connectivity index (χ0) is 10.6. The fourth-order valence-electron chi connectivity index (χ4n) is 1.29. The average Bonchev–Trinajstić information content (AvgIpc) is 2.18. The van der Waals surface area contributed by atoms with E-state index >= 15 is 0 Å². The lowest BCUT2D eigenvalue weighted by atomic mass is 10.0. The van der Waals surface area contributed by atoms with Crippen LogP contribution < -0.4 is 11.5 Å². The van der Waals surface area contributed by atoms with Crippen LogP contribution in [-0.2, 0) is 0 Å². The first kappa shape index (κ1) is 14.6. The third-order valence-corrected chi connectivity index (χ3v) is 2.42. The molecule has 1 atom stereocenters. The zero-order valence-electron chi connectivity index (χ0n) is 8.25. The molecule has 0 unspecified atom stereocenters. The van der Waals surface area contributed by atoms with Crippen LogP contribution in [0, 0.1) is 5.82 Å². The molecule has 0 radical (unpaired) electrons. The van der Waals surface area contributed by atoms with E-state index < -0.39 is 0 Å². The first-order valence-electron chi connectivity index (χ1n) is 4.55. The molecule has 1 aromatic rings. The third kappa shape index (κ3) is 4.34. The predicted octanol–water partition coefficient (Wildman–Crippen LogP) is 2.64. The van der Waals surface area contributed by atoms with E-state index in [2.05, 4.69) is 0 Å². The van der Waals surface area contributed by atoms with Crippen LogP contribution in [0.4, 0.5) is 4.39 Å². The van der Waals surface area contributed by atoms with Gasteiger partial charge in [0.1, 0.15) is 5.82 Å². The van der Waals surface area contributed by atoms with Gasteiger partial charge in [-0.05, 0) is 43.1 Å². The Balaban J connectivity index is 0.00000196. The topological polar surface area (TPSA) is 52.0 Å². The van der Waals surface area contributed by atoms with E-state index in [0.29, 0.717) is 17.1 Å². The Morgan fingerprint density at radius 3 is 2.67 bits per heavy atom. The van der Waals surface area contributed by atoms with Crippen molar-refractivity contribution in [3.63, 3.8) is 0 Å². The zero-order valence-corrected chi connectivity index (χ0v) is 9.82. The van der Waals surface area contributed by atoms with Crippen LogP contribution in [0.2, 0.25) is 5.02 Å². The van der Waals surface area contributed by atoms with Gasteiger partial charge in [0.25, 0.3) is 0 Å². The van der Waals surface area contributed by atoms with Gasteiger partial charge in [0, 0.05) is 11.1 Å². The molecular formula is C10H15Cl2FN2. The van der Waals surface area contributed by atoms with Gasteiger partial charge in [0.15, 0.2) is 0 Å². The Labute approximate surface area is 100 Å². The van der Waals surface area contributed by atoms with Gasteiger partial charge in [-0.15, -0.1) is 12.4 Å². The predicted molar refractivity (Wildman–Crippen MR) is 63.9 cm³/mol. The monoisotopic (exact) mass is 252 g/mol. The molecule has 0 saturated heterocycles. The molecule has 15 heavy (non-hydrogen) atoms. The quantitative estimate of drug-likeness (QED) is 0.866. The SMILES string of the molecule is Cl.NCCC[C@@H](N)c1cc(F)ccc1Cl. The highest BCUT2D eigenvalue weighted by Crippen LogP contribution is 2.24. The van der Waals surface area contributed by atoms with Gasteiger partial charge in [-0.25, -0.2) is 4.39 Å². The minimum Gasteiger partial charge on any atom is -0.330 e. The van der Waals surface area contributed by atoms with E-state index in [4.69, 9.17) is 23.1 Å². The van der Waals surface area contributed by atoms with Crippen LogP contribution in [0.25, 0.3) is 0 Å². The molecular weight excluding hydrogens is 238 g/mol. The van der Waals surface area contributed by atoms with E-state index in [1.807, 2.05) is 0 Å². The first-order chi connectivity index (χ1) is 6.65. The lowest BCUT2D eigenvalue weighted by Gasteiger charge is -2.12. The molecule has 0 saturated carbocycles. The third-order valence-electron chi connectivity index (χ3n) is 2.08. The highest BCUT2D eigenvalue weighted by molar-refractivity contribution is 6.31. The summed E-state index contributed by atoms with van der Waals surface area (Å²) in [4.78, 5) is 0. The van der Waals surface area contributed by atoms with Crippen LogP contribution in [0.15, 0.2) is 18.2 Å². The van der Waals surface area contributed by atoms with Crippen LogP contribution in [0.5, 0.6) is 0 Å². The van der Waals surface area contributed by atoms with Gasteiger partial charge in [0.2, 0.25) is 0 Å². The lowest BCUT2D eigenvalue weighted by molar-refractivity contribution is 0.597. The molecule has 0 heterocycles. The molecule has 0 aliphatic rings. The summed E-state index contributed by atoms with van der Waals surface area (Å²) in [7, 11) is 0. The van der Waals surface area contributed by atoms with Crippen LogP contribution in [-0.4, -0.2) is 6.54 Å². The molecule has 2 nitrogen and oxygen atoms in total. The molecule has 0 aliphatic carbocycles. The second-order valence-corrected chi connectivity index (χ2v) is 3.61. The molecule has 4 N–H and O–H groups in total. The number of nitrogens with two attached hydrogens (primary N) is 2. The van der Waals surface area contributed by atoms with Crippen molar-refractivity contribution in [2.45, 2.75) is 18.9 Å². The first-order valence-corrected chi connectivity index (χ1v) is 4.93. The Morgan fingerprint density at radius 1 is 1.40 bits per heavy atom. The van der Waals surface area contributed by atoms with Crippen molar-refractivity contribution in [2.75, 3.05) is 6.54 Å². The molecule has 0 aliphatic heterocycles. The van der Waals surface area contributed by atoms with Gasteiger partial charge >= 0.3 is 0 Å². The highest BCUT2D eigenvalue weighted by atomic mass is 35.5. The van der Waals surface area contributed by atoms with Crippen molar-refractivity contribution in [2.24, 2.45) is 11.5 Å². The Kier molecular flexibility index (Phi) is 6.85. The Hall–Kier alpha value is -0.350. The van der Waals surface area contributed by atoms with E-state index in [-0.39, 0.29) is 24.3 Å². The maximum absolute atomic E-state index is 12.9. The van der Waals surface area contributed by atoms with Crippen LogP contribution in [0.3, 0.4) is 0 Å². The summed E-state index contributed by atoms with van der Waals surface area (Å²) in [6, 6.07) is 3.99. The number of rotatable bonds is 4. The average molecular weight is 253 g/mol. The van der Waals surface area contributed by atoms with Crippen molar-refractivity contribution in [3.05, 3.63) is 34.6 Å². The molecule has 1 aromatic carbocycles. The van der Waals surface area contributed by atoms with Gasteiger partial charge in [-0.2, -0.15) is 0 Å². The van der Waals surface area contributed by atoms with E-state index in [9.17, 15) is 4.39 Å². The summed E-state index contributed by atoms with van der Waals surface area (Å²) in [5.41, 5.74) is 11.9. The maximum atomic E-state index is 12.9. The minimum absolute atomic E-state index is 0. The second-order valence-electron chi connectivity index (χ2n) is 3.20. The van der Waals surface area contributed by atoms with Crippen molar-refractivity contribution in [1.82, 2.24) is 0 Å². The second kappa shape index (κ2) is 7.01. The summed E-state index contributed by atoms with van der Waals surface area (Å²) in [6.45, 7) is 0.584. The number of hydrogen-bond acceptors (Lipinski definition) is 2. The molecule has 0 fully saturated rings. The molecule has 0 aromatic heterocycles. The lowest BCUT2D eigenvalue weighted by Crippen LogP contribution is -2.13. The van der Waals surface area contributed by atoms with Gasteiger partial charge in [0.05, 0.1) is 0 Å². The van der Waals surface area contributed by atoms with E-state index in [0.717, 1.165) is 12.8 Å². The molecule has 0 spiro atoms. The van der Waals surface area contributed by atoms with E-state index in [1.54, 1.807) is 0 Å². The normalized spacial score (nSPS) is 12.0. The van der Waals surface area contributed by atoms with Crippen LogP contribution in [0.1, 0.15) is 24.4 Å². The van der Waals surface area contributed by atoms with Crippen molar-refractivity contribution >= 4 is 24.0 Å². The maximum Gasteiger partial charge on any atom is 0.123 e. The number of hydrogen-bond donors (Lipinski definition) is 2. The minimum atomic E-state index is -0.312. The van der Waals surface area contributed by atoms with Crippen molar-refractivity contribution < 1.29 is 4.39 Å². The smallest absolute Gasteiger partial charge is 0.123 e. The molecule has 5 heteroatoms. The van der Waals surface area contributed by atoms with E-state index in [1.165, 1.54) is 18.2 Å². The molecule has 0 bridgehead atoms. The van der Waals surface area contributed by atoms with Gasteiger partial charge in [-0.3, -0.25) is 0 Å². The molecule has 1 rings (SSSR count). The highest BCUT2D eigenvalue weighted by Gasteiger charge is 2.10. The largest absolute Gasteiger partial charge is 0.330 e. The fraction of sp³-hybridized carbons (Fsp3) is 0.400. The Bertz CT molecular complexity index is 307. The summed E-state index contributed by atoms with van der Waals surface area (Å²) >= 11 is 5.89. The fourth-order valence-corrected chi connectivity index (χ4v) is 1.55. The van der Waals surface area contributed by atoms with Gasteiger partial charge in [-0.1, -0.05) is 11.6 Å². The molecule has 0 amide bonds. The summed E-state index contributed by atoms with van der Waals surface area (Å²) in [5.74, 6) is -0.312. The van der Waals surface area contributed by atoms with Crippen molar-refractivity contribution in [3.8, 4) is 0 Å². The molecule has 86 valence electrons. The van der Waals surface area contributed by atoms with Crippen LogP contribution >= 0.6 is 24.0 Å². The number of benzene rings is 1. The van der Waals surface area contributed by atoms with Crippen molar-refractivity contribution in [1.29, 1.82) is 0 Å². The summed E-state index contributed by atoms with van der Waals surface area (Å²) in [5, 5.41) is 0.510. The van der Waals surface area contributed by atoms with Gasteiger partial charge < -0.3 is 11.5 Å². The standard InChI is InChI=1S/C10H14ClFN2.ClH/c11-9-4-3-7(12)6-8(9)10(14)2-1-5-13;/h3-4,6,10H,1-2,5,13-14H2;1H/t10-;/m1./s1. The summed E-state index contributed by atoms with van der Waals surface area (Å²) in [6.07, 6.45) is 1.54. The summed E-state index contributed by atoms with van der Waals surface area (Å²) < 4.78 is 12.9.